The standard InChI is InChI=1S/C31H22F3N7S/c1-19-26(27-14-15-36-41(27)24-10-6-20(17-35)7-11-24)18-40-29(28(19)21-4-3-5-22(16-21)31(32,33)34)38-30(39-40)37-23-8-12-25(42-2)13-9-23/h3-16,18H,1-2H3,(H,37,39). The highest BCUT2D eigenvalue weighted by atomic mass is 32.2. The molecule has 0 fully saturated rings. The highest BCUT2D eigenvalue weighted by Gasteiger charge is 2.31. The molecule has 3 aromatic heterocycles. The highest BCUT2D eigenvalue weighted by Crippen LogP contribution is 2.38. The van der Waals surface area contributed by atoms with Crippen LogP contribution in [0.15, 0.2) is 96.2 Å². The molecule has 0 amide bonds. The molecule has 0 unspecified atom stereocenters. The van der Waals surface area contributed by atoms with Crippen LogP contribution >= 0.6 is 11.8 Å². The minimum atomic E-state index is -4.50. The first-order valence-electron chi connectivity index (χ1n) is 12.8. The number of nitriles is 1. The number of aromatic nitrogens is 5. The summed E-state index contributed by atoms with van der Waals surface area (Å²) in [7, 11) is 0. The van der Waals surface area contributed by atoms with Crippen molar-refractivity contribution >= 4 is 29.0 Å². The summed E-state index contributed by atoms with van der Waals surface area (Å²) < 4.78 is 44.5. The molecule has 0 radical (unpaired) electrons. The molecule has 0 aliphatic heterocycles. The molecule has 0 atom stereocenters. The number of halogens is 3. The van der Waals surface area contributed by atoms with E-state index in [0.717, 1.165) is 28.4 Å². The van der Waals surface area contributed by atoms with Gasteiger partial charge in [0, 0.05) is 27.9 Å². The number of nitrogens with zero attached hydrogens (tertiary/aromatic N) is 6. The lowest BCUT2D eigenvalue weighted by molar-refractivity contribution is -0.137. The maximum Gasteiger partial charge on any atom is 0.416 e. The lowest BCUT2D eigenvalue weighted by Crippen LogP contribution is -2.06. The van der Waals surface area contributed by atoms with Crippen LogP contribution < -0.4 is 5.32 Å². The fraction of sp³-hybridized carbons (Fsp3) is 0.0968. The quantitative estimate of drug-likeness (QED) is 0.201. The van der Waals surface area contributed by atoms with Crippen LogP contribution in [0.1, 0.15) is 16.7 Å². The van der Waals surface area contributed by atoms with Crippen LogP contribution in [0.25, 0.3) is 33.7 Å². The van der Waals surface area contributed by atoms with Gasteiger partial charge >= 0.3 is 6.18 Å². The number of hydrogen-bond donors (Lipinski definition) is 1. The van der Waals surface area contributed by atoms with Gasteiger partial charge in [-0.1, -0.05) is 12.1 Å². The van der Waals surface area contributed by atoms with Crippen molar-refractivity contribution in [3.63, 3.8) is 0 Å². The number of anilines is 2. The molecule has 0 saturated heterocycles. The second-order valence-corrected chi connectivity index (χ2v) is 10.3. The summed E-state index contributed by atoms with van der Waals surface area (Å²) in [5.41, 5.74) is 4.67. The minimum absolute atomic E-state index is 0.303. The molecule has 0 bridgehead atoms. The van der Waals surface area contributed by atoms with Crippen molar-refractivity contribution in [1.82, 2.24) is 24.4 Å². The molecule has 0 saturated carbocycles. The smallest absolute Gasteiger partial charge is 0.323 e. The number of nitrogens with one attached hydrogen (secondary N) is 1. The van der Waals surface area contributed by atoms with Crippen molar-refractivity contribution in [3.8, 4) is 34.1 Å². The Morgan fingerprint density at radius 3 is 2.43 bits per heavy atom. The van der Waals surface area contributed by atoms with E-state index in [4.69, 9.17) is 4.98 Å². The monoisotopic (exact) mass is 581 g/mol. The molecular formula is C31H22F3N7S. The van der Waals surface area contributed by atoms with E-state index in [1.54, 1.807) is 63.7 Å². The summed E-state index contributed by atoms with van der Waals surface area (Å²) in [5, 5.41) is 21.5. The number of fused-ring (bicyclic) bond motifs is 1. The molecule has 208 valence electrons. The van der Waals surface area contributed by atoms with E-state index in [1.165, 1.54) is 6.07 Å². The van der Waals surface area contributed by atoms with Gasteiger partial charge in [-0.2, -0.15) is 28.5 Å². The van der Waals surface area contributed by atoms with E-state index < -0.39 is 11.7 Å². The molecular weight excluding hydrogens is 559 g/mol. The topological polar surface area (TPSA) is 83.8 Å². The first kappa shape index (κ1) is 27.1. The normalized spacial score (nSPS) is 11.5. The average molecular weight is 582 g/mol. The van der Waals surface area contributed by atoms with Gasteiger partial charge in [0.25, 0.3) is 0 Å². The first-order valence-corrected chi connectivity index (χ1v) is 14.0. The Hall–Kier alpha value is -5.08. The SMILES string of the molecule is CSc1ccc(Nc2nc3c(-c4cccc(C(F)(F)F)c4)c(C)c(-c4ccnn4-c4ccc(C#N)cc4)cn3n2)cc1. The van der Waals surface area contributed by atoms with Gasteiger partial charge in [-0.3, -0.25) is 0 Å². The summed E-state index contributed by atoms with van der Waals surface area (Å²) >= 11 is 1.63. The van der Waals surface area contributed by atoms with Gasteiger partial charge in [-0.15, -0.1) is 16.9 Å². The van der Waals surface area contributed by atoms with E-state index in [-0.39, 0.29) is 0 Å². The van der Waals surface area contributed by atoms with Crippen LogP contribution in [0.3, 0.4) is 0 Å². The van der Waals surface area contributed by atoms with Gasteiger partial charge in [-0.25, -0.2) is 9.20 Å². The third-order valence-electron chi connectivity index (χ3n) is 6.87. The van der Waals surface area contributed by atoms with Crippen LogP contribution in [0.5, 0.6) is 0 Å². The number of rotatable bonds is 6. The van der Waals surface area contributed by atoms with Crippen LogP contribution in [0.2, 0.25) is 0 Å². The van der Waals surface area contributed by atoms with Crippen LogP contribution in [0.4, 0.5) is 24.8 Å². The minimum Gasteiger partial charge on any atom is -0.323 e. The van der Waals surface area contributed by atoms with Gasteiger partial charge in [0.1, 0.15) is 0 Å². The van der Waals surface area contributed by atoms with Gasteiger partial charge < -0.3 is 5.32 Å². The summed E-state index contributed by atoms with van der Waals surface area (Å²) in [6.45, 7) is 1.85. The molecule has 1 N–H and O–H groups in total. The molecule has 0 aliphatic rings. The molecule has 6 aromatic rings. The van der Waals surface area contributed by atoms with Crippen molar-refractivity contribution in [1.29, 1.82) is 5.26 Å². The van der Waals surface area contributed by atoms with Crippen molar-refractivity contribution in [2.24, 2.45) is 0 Å². The second-order valence-electron chi connectivity index (χ2n) is 9.47. The molecule has 7 nitrogen and oxygen atoms in total. The van der Waals surface area contributed by atoms with E-state index in [9.17, 15) is 18.4 Å². The third-order valence-corrected chi connectivity index (χ3v) is 7.61. The predicted molar refractivity (Wildman–Crippen MR) is 157 cm³/mol. The molecule has 42 heavy (non-hydrogen) atoms. The Kier molecular flexibility index (Phi) is 6.92. The zero-order chi connectivity index (χ0) is 29.4. The number of benzene rings is 3. The Labute approximate surface area is 243 Å². The average Bonchev–Trinajstić information content (AvgIpc) is 3.64. The largest absolute Gasteiger partial charge is 0.416 e. The van der Waals surface area contributed by atoms with Crippen molar-refractivity contribution < 1.29 is 13.2 Å². The van der Waals surface area contributed by atoms with E-state index in [0.29, 0.717) is 45.1 Å². The number of thioether (sulfide) groups is 1. The maximum atomic E-state index is 13.7. The Balaban J connectivity index is 1.54. The summed E-state index contributed by atoms with van der Waals surface area (Å²) in [6, 6.07) is 23.9. The van der Waals surface area contributed by atoms with Crippen molar-refractivity contribution in [3.05, 3.63) is 108 Å². The zero-order valence-corrected chi connectivity index (χ0v) is 23.2. The van der Waals surface area contributed by atoms with Crippen molar-refractivity contribution in [2.75, 3.05) is 11.6 Å². The molecule has 3 heterocycles. The molecule has 11 heteroatoms. The van der Waals surface area contributed by atoms with Crippen LogP contribution in [-0.2, 0) is 6.18 Å². The Morgan fingerprint density at radius 2 is 1.74 bits per heavy atom. The summed E-state index contributed by atoms with van der Waals surface area (Å²) in [5.74, 6) is 0.303. The number of pyridine rings is 1. The van der Waals surface area contributed by atoms with Gasteiger partial charge in [0.05, 0.1) is 34.8 Å². The molecule has 3 aromatic carbocycles. The van der Waals surface area contributed by atoms with E-state index in [2.05, 4.69) is 21.6 Å². The zero-order valence-electron chi connectivity index (χ0n) is 22.4. The lowest BCUT2D eigenvalue weighted by atomic mass is 9.95. The molecule has 0 aliphatic carbocycles. The molecule has 6 rings (SSSR count). The van der Waals surface area contributed by atoms with Gasteiger partial charge in [-0.05, 0) is 91.0 Å². The van der Waals surface area contributed by atoms with Crippen molar-refractivity contribution in [2.45, 2.75) is 18.0 Å². The Bertz CT molecular complexity index is 1950. The fourth-order valence-corrected chi connectivity index (χ4v) is 5.21. The van der Waals surface area contributed by atoms with Crippen LogP contribution in [0, 0.1) is 18.3 Å². The summed E-state index contributed by atoms with van der Waals surface area (Å²) in [4.78, 5) is 5.81. The third kappa shape index (κ3) is 5.08. The van der Waals surface area contributed by atoms with E-state index in [1.807, 2.05) is 43.5 Å². The van der Waals surface area contributed by atoms with Crippen LogP contribution in [-0.4, -0.2) is 30.6 Å². The Morgan fingerprint density at radius 1 is 0.976 bits per heavy atom. The van der Waals surface area contributed by atoms with E-state index >= 15 is 0 Å². The number of alkyl halides is 3. The summed E-state index contributed by atoms with van der Waals surface area (Å²) in [6.07, 6.45) is 0.936. The second kappa shape index (κ2) is 10.7. The number of hydrogen-bond acceptors (Lipinski definition) is 6. The predicted octanol–water partition coefficient (Wildman–Crippen LogP) is 7.91. The fourth-order valence-electron chi connectivity index (χ4n) is 4.81. The highest BCUT2D eigenvalue weighted by molar-refractivity contribution is 7.98. The lowest BCUT2D eigenvalue weighted by Gasteiger charge is -2.16. The molecule has 0 spiro atoms. The maximum absolute atomic E-state index is 13.7. The first-order chi connectivity index (χ1) is 20.2. The van der Waals surface area contributed by atoms with Gasteiger partial charge in [0.2, 0.25) is 5.95 Å². The van der Waals surface area contributed by atoms with Gasteiger partial charge in [0.15, 0.2) is 5.65 Å².